The number of phenolic OH excluding ortho intramolecular Hbond substituents is 2. The number of benzene rings is 5. The Morgan fingerprint density at radius 1 is 0.692 bits per heavy atom. The number of phenols is 2. The number of hydrogen-bond acceptors (Lipinski definition) is 23. The summed E-state index contributed by atoms with van der Waals surface area (Å²) in [5, 5.41) is 116. The van der Waals surface area contributed by atoms with E-state index in [9.17, 15) is 64.8 Å². The Morgan fingerprint density at radius 2 is 1.34 bits per heavy atom. The molecule has 0 saturated carbocycles. The molecule has 560 valence electrons. The number of primary amides is 1. The van der Waals surface area contributed by atoms with Crippen molar-refractivity contribution in [3.63, 3.8) is 0 Å². The van der Waals surface area contributed by atoms with Crippen molar-refractivity contribution in [1.82, 2.24) is 47.9 Å². The van der Waals surface area contributed by atoms with Crippen LogP contribution in [0, 0.1) is 12.8 Å². The fourth-order valence-electron chi connectivity index (χ4n) is 12.3. The normalized spacial score (nSPS) is 24.5. The van der Waals surface area contributed by atoms with Gasteiger partial charge in [0.2, 0.25) is 59.3 Å². The number of aromatic hydroxyl groups is 2. The highest BCUT2D eigenvalue weighted by Gasteiger charge is 2.47. The van der Waals surface area contributed by atoms with E-state index < -0.39 is 197 Å². The number of rotatable bonds is 17. The molecule has 19 N–H and O–H groups in total. The highest BCUT2D eigenvalue weighted by Crippen LogP contribution is 2.49. The topological polar surface area (TPSA) is 496 Å². The van der Waals surface area contributed by atoms with Gasteiger partial charge in [0.1, 0.15) is 102 Å². The number of ether oxygens (including phenoxy) is 5. The molecule has 6 aliphatic rings. The number of likely N-dealkylation sites (N-methyl/N-ethyl adjacent to an activating group) is 1. The fourth-order valence-corrected chi connectivity index (χ4v) is 12.5. The second kappa shape index (κ2) is 33.3. The quantitative estimate of drug-likeness (QED) is 0.0594. The highest BCUT2D eigenvalue weighted by atomic mass is 35.5. The first-order valence-corrected chi connectivity index (χ1v) is 34.1. The first-order valence-electron chi connectivity index (χ1n) is 33.7. The maximum atomic E-state index is 16.1. The van der Waals surface area contributed by atoms with Gasteiger partial charge in [0.25, 0.3) is 0 Å². The molecule has 32 nitrogen and oxygen atoms in total. The summed E-state index contributed by atoms with van der Waals surface area (Å²) >= 11 is 7.08. The molecule has 33 heteroatoms. The van der Waals surface area contributed by atoms with Crippen LogP contribution in [-0.2, 0) is 43.1 Å². The number of aliphatic hydroxyl groups excluding tert-OH is 6. The number of unbranched alkanes of at least 4 members (excludes halogenated alkanes) is 3. The van der Waals surface area contributed by atoms with E-state index in [-0.39, 0.29) is 74.5 Å². The molecule has 1 fully saturated rings. The summed E-state index contributed by atoms with van der Waals surface area (Å²) in [6.07, 6.45) is -12.4. The number of carbonyl (C=O) groups excluding carboxylic acids is 9. The number of hydrogen-bond donors (Lipinski definition) is 18. The van der Waals surface area contributed by atoms with Crippen LogP contribution in [0.15, 0.2) is 78.9 Å². The Hall–Kier alpha value is -9.90. The predicted octanol–water partition coefficient (Wildman–Crippen LogP) is 2.32. The number of carbonyl (C=O) groups is 9. The van der Waals surface area contributed by atoms with Crippen LogP contribution in [0.1, 0.15) is 144 Å². The van der Waals surface area contributed by atoms with Crippen LogP contribution < -0.4 is 72.5 Å². The molecule has 14 atom stereocenters. The van der Waals surface area contributed by atoms with Crippen LogP contribution in [0.3, 0.4) is 0 Å². The van der Waals surface area contributed by atoms with Gasteiger partial charge < -0.3 is 118 Å². The molecule has 1 saturated heterocycles. The van der Waals surface area contributed by atoms with E-state index in [1.165, 1.54) is 44.3 Å². The third kappa shape index (κ3) is 18.2. The fraction of sp³-hybridized carbons (Fsp3) is 0.451. The van der Waals surface area contributed by atoms with Gasteiger partial charge in [-0.1, -0.05) is 69.8 Å². The third-order valence-corrected chi connectivity index (χ3v) is 17.9. The lowest BCUT2D eigenvalue weighted by atomic mass is 9.89. The number of nitrogens with one attached hydrogen (secondary N) is 9. The summed E-state index contributed by atoms with van der Waals surface area (Å²) in [7, 11) is 1.50. The average Bonchev–Trinajstić information content (AvgIpc) is 0.763. The minimum atomic E-state index is -2.29. The number of aliphatic hydroxyl groups is 6. The predicted molar refractivity (Wildman–Crippen MR) is 369 cm³/mol. The van der Waals surface area contributed by atoms with Gasteiger partial charge in [0.05, 0.1) is 24.1 Å². The summed E-state index contributed by atoms with van der Waals surface area (Å²) in [6, 6.07) is 1.37. The maximum Gasteiger partial charge on any atom is 0.412 e. The Bertz CT molecular complexity index is 4100. The zero-order chi connectivity index (χ0) is 75.9. The van der Waals surface area contributed by atoms with Gasteiger partial charge in [-0.25, -0.2) is 4.79 Å². The molecule has 5 aromatic carbocycles. The first kappa shape index (κ1) is 78.2. The largest absolute Gasteiger partial charge is 0.507 e. The second-order valence-electron chi connectivity index (χ2n) is 27.3. The van der Waals surface area contributed by atoms with E-state index in [2.05, 4.69) is 47.9 Å². The summed E-state index contributed by atoms with van der Waals surface area (Å²) in [6.45, 7) is 11.3. The van der Waals surface area contributed by atoms with Gasteiger partial charge in [-0.3, -0.25) is 38.4 Å². The lowest BCUT2D eigenvalue weighted by molar-refractivity contribution is -0.277. The maximum absolute atomic E-state index is 16.1. The van der Waals surface area contributed by atoms with Crippen LogP contribution in [0.5, 0.6) is 46.0 Å². The van der Waals surface area contributed by atoms with E-state index in [0.29, 0.717) is 6.42 Å². The Balaban J connectivity index is 1.31. The van der Waals surface area contributed by atoms with Crippen molar-refractivity contribution in [2.24, 2.45) is 11.7 Å². The second-order valence-corrected chi connectivity index (χ2v) is 27.7. The molecule has 0 spiro atoms. The van der Waals surface area contributed by atoms with Crippen LogP contribution >= 0.6 is 11.6 Å². The molecule has 6 heterocycles. The van der Waals surface area contributed by atoms with Gasteiger partial charge in [-0.2, -0.15) is 0 Å². The van der Waals surface area contributed by atoms with Crippen LogP contribution in [-0.4, -0.2) is 175 Å². The molecule has 0 aliphatic carbocycles. The number of halogens is 1. The number of aryl methyl sites for hydroxylation is 1. The van der Waals surface area contributed by atoms with Crippen molar-refractivity contribution in [3.8, 4) is 57.1 Å². The zero-order valence-electron chi connectivity index (χ0n) is 58.1. The Kier molecular flexibility index (Phi) is 25.0. The van der Waals surface area contributed by atoms with Gasteiger partial charge in [0, 0.05) is 29.3 Å². The SMILES string of the molecule is CCCCCCNC(=O)Oc1cc(O)c2c(c1)[C@@H](C(=O)NC(C)(C)C)NC(=O)[C@H]1NC(=O)[C@H](NC(=O)[C@@H]3NC(=O)[C@H](CC(N)=O)NC(=O)[C@H](NC(=O)[C@@H](CC(C)C)NC)[C@H](O)c4ccc(c(C)c4)Oc4cc3cc(c4O[C@@H]3O[C@H](CO)[C@@H](O)[C@H](O)[C@H]3O)Oc3ccc(cc3Cl)[C@H]1O)c1ccc(O)c-2c1. The van der Waals surface area contributed by atoms with Crippen molar-refractivity contribution in [2.75, 3.05) is 20.2 Å². The monoisotopic (exact) mass is 1470 g/mol. The van der Waals surface area contributed by atoms with Gasteiger partial charge in [-0.05, 0) is 141 Å². The average molecular weight is 1470 g/mol. The van der Waals surface area contributed by atoms with Gasteiger partial charge in [-0.15, -0.1) is 0 Å². The Labute approximate surface area is 602 Å². The Morgan fingerprint density at radius 3 is 1.97 bits per heavy atom. The van der Waals surface area contributed by atoms with Gasteiger partial charge >= 0.3 is 6.09 Å². The van der Waals surface area contributed by atoms with Crippen molar-refractivity contribution >= 4 is 65.0 Å². The van der Waals surface area contributed by atoms with Crippen LogP contribution in [0.4, 0.5) is 4.79 Å². The smallest absolute Gasteiger partial charge is 0.412 e. The van der Waals surface area contributed by atoms with E-state index in [1.54, 1.807) is 20.8 Å². The molecule has 0 unspecified atom stereocenters. The number of fused-ring (bicyclic) bond motifs is 15. The number of amides is 9. The molecule has 104 heavy (non-hydrogen) atoms. The first-order chi connectivity index (χ1) is 49.2. The molecule has 11 rings (SSSR count). The molecule has 0 aromatic heterocycles. The molecule has 0 radical (unpaired) electrons. The molecule has 11 bridgehead atoms. The minimum Gasteiger partial charge on any atom is -0.507 e. The summed E-state index contributed by atoms with van der Waals surface area (Å²) < 4.78 is 31.0. The molecule has 6 aliphatic heterocycles. The lowest BCUT2D eigenvalue weighted by Gasteiger charge is -2.39. The zero-order valence-corrected chi connectivity index (χ0v) is 58.8. The van der Waals surface area contributed by atoms with E-state index in [1.807, 2.05) is 20.8 Å². The van der Waals surface area contributed by atoms with E-state index in [4.69, 9.17) is 41.0 Å². The summed E-state index contributed by atoms with van der Waals surface area (Å²) in [4.78, 5) is 133. The van der Waals surface area contributed by atoms with Crippen LogP contribution in [0.2, 0.25) is 5.02 Å². The highest BCUT2D eigenvalue weighted by molar-refractivity contribution is 6.32. The number of nitrogens with two attached hydrogens (primary N) is 1. The summed E-state index contributed by atoms with van der Waals surface area (Å²) in [5.41, 5.74) is 2.79. The van der Waals surface area contributed by atoms with E-state index >= 15 is 19.2 Å². The lowest BCUT2D eigenvalue weighted by Crippen LogP contribution is -2.60. The molecular formula is C71H87ClN10O22. The van der Waals surface area contributed by atoms with Crippen molar-refractivity contribution in [3.05, 3.63) is 117 Å². The summed E-state index contributed by atoms with van der Waals surface area (Å²) in [5.74, 6) is -13.7. The van der Waals surface area contributed by atoms with Crippen LogP contribution in [0.25, 0.3) is 11.1 Å². The minimum absolute atomic E-state index is 0.0164. The molecule has 5 aromatic rings. The molecule has 9 amide bonds. The van der Waals surface area contributed by atoms with E-state index in [0.717, 1.165) is 67.8 Å². The standard InChI is InChI=1S/C71H87ClN10O22/c1-9-10-11-12-19-75-70(99)100-36-26-38-50(43(85)27-36)37-22-32(13-16-42(37)84)51-64(94)81-55(67(97)79-53(38)68(98)82-71(5,6)7)57(88)34-15-18-45(39(72)23-34)102-47-25-35-24-46(61(47)104-69-60(91)59(90)58(89)48(29-83)103-69)101-44-17-14-33(21-31(44)4)56(87)54(80-62(92)40(74-8)20-30(2)3)66(96)76-41(28-49(73)86)63(93)77-52(35)65(95)78-51/h13-18,21-27,30,40-41,48,51-60,69,74,83-85,87-91H,9-12,19-20,28-29H2,1-8H3,(H2,73,86)(H,75,99)(H,76,96)(H,77,93)(H,78,95)(H,79,97)(H,80,92)(H,81,94)(H,82,98)/t40-,41+,48-,51-,52-,53+,54-,55+,56-,57-,58-,59+,60-,69+/m1/s1. The third-order valence-electron chi connectivity index (χ3n) is 17.6. The molecular weight excluding hydrogens is 1380 g/mol. The van der Waals surface area contributed by atoms with Crippen molar-refractivity contribution in [2.45, 2.75) is 178 Å². The van der Waals surface area contributed by atoms with Gasteiger partial charge in [0.15, 0.2) is 11.5 Å². The van der Waals surface area contributed by atoms with Crippen molar-refractivity contribution in [1.29, 1.82) is 0 Å². The van der Waals surface area contributed by atoms with Crippen molar-refractivity contribution < 1.29 is 108 Å².